The largest absolute Gasteiger partial charge is 0.465 e. The van der Waals surface area contributed by atoms with Gasteiger partial charge < -0.3 is 20.5 Å². The molecule has 1 aliphatic rings. The van der Waals surface area contributed by atoms with Gasteiger partial charge in [0.1, 0.15) is 0 Å². The highest BCUT2D eigenvalue weighted by Crippen LogP contribution is 2.21. The van der Waals surface area contributed by atoms with Gasteiger partial charge in [0.05, 0.1) is 30.2 Å². The van der Waals surface area contributed by atoms with E-state index in [1.165, 1.54) is 13.5 Å². The molecule has 0 spiro atoms. The van der Waals surface area contributed by atoms with Gasteiger partial charge in [0.25, 0.3) is 0 Å². The molecule has 19 heavy (non-hydrogen) atoms. The van der Waals surface area contributed by atoms with Crippen molar-refractivity contribution in [3.05, 3.63) is 23.8 Å². The Morgan fingerprint density at radius 1 is 1.53 bits per heavy atom. The summed E-state index contributed by atoms with van der Waals surface area (Å²) in [5, 5.41) is 3.24. The van der Waals surface area contributed by atoms with Crippen LogP contribution in [-0.4, -0.2) is 32.3 Å². The van der Waals surface area contributed by atoms with E-state index in [1.54, 1.807) is 18.2 Å². The minimum Gasteiger partial charge on any atom is -0.465 e. The molecule has 1 fully saturated rings. The first-order valence-electron chi connectivity index (χ1n) is 6.54. The highest BCUT2D eigenvalue weighted by molar-refractivity contribution is 5.91. The first-order chi connectivity index (χ1) is 9.20. The molecule has 0 radical (unpaired) electrons. The lowest BCUT2D eigenvalue weighted by atomic mass is 10.1. The van der Waals surface area contributed by atoms with Crippen molar-refractivity contribution in [2.45, 2.75) is 25.4 Å². The Morgan fingerprint density at radius 2 is 2.37 bits per heavy atom. The molecule has 3 N–H and O–H groups in total. The second-order valence-corrected chi connectivity index (χ2v) is 4.66. The van der Waals surface area contributed by atoms with Gasteiger partial charge in [-0.15, -0.1) is 0 Å². The summed E-state index contributed by atoms with van der Waals surface area (Å²) in [4.78, 5) is 11.5. The van der Waals surface area contributed by atoms with Crippen molar-refractivity contribution in [1.29, 1.82) is 0 Å². The second-order valence-electron chi connectivity index (χ2n) is 4.66. The molecule has 0 aliphatic carbocycles. The van der Waals surface area contributed by atoms with E-state index in [2.05, 4.69) is 5.32 Å². The Hall–Kier alpha value is -1.75. The molecule has 1 saturated heterocycles. The molecule has 0 amide bonds. The average Bonchev–Trinajstić information content (AvgIpc) is 2.46. The quantitative estimate of drug-likeness (QED) is 0.643. The SMILES string of the molecule is COC(=O)c1ccc(N)c(NCC2CCCCO2)c1. The number of carbonyl (C=O) groups excluding carboxylic acids is 1. The normalized spacial score (nSPS) is 18.9. The van der Waals surface area contributed by atoms with E-state index in [1.807, 2.05) is 0 Å². The minimum absolute atomic E-state index is 0.218. The zero-order valence-corrected chi connectivity index (χ0v) is 11.1. The summed E-state index contributed by atoms with van der Waals surface area (Å²) in [6.45, 7) is 1.53. The van der Waals surface area contributed by atoms with Crippen molar-refractivity contribution in [1.82, 2.24) is 0 Å². The third-order valence-corrected chi connectivity index (χ3v) is 3.27. The van der Waals surface area contributed by atoms with Crippen LogP contribution in [0.3, 0.4) is 0 Å². The van der Waals surface area contributed by atoms with Gasteiger partial charge in [-0.25, -0.2) is 4.79 Å². The molecule has 1 aromatic carbocycles. The van der Waals surface area contributed by atoms with Gasteiger partial charge in [0.2, 0.25) is 0 Å². The standard InChI is InChI=1S/C14H20N2O3/c1-18-14(17)10-5-6-12(15)13(8-10)16-9-11-4-2-3-7-19-11/h5-6,8,11,16H,2-4,7,9,15H2,1H3. The summed E-state index contributed by atoms with van der Waals surface area (Å²) >= 11 is 0. The van der Waals surface area contributed by atoms with Crippen molar-refractivity contribution >= 4 is 17.3 Å². The predicted octanol–water partition coefficient (Wildman–Crippen LogP) is 2.04. The molecule has 0 aromatic heterocycles. The molecule has 5 nitrogen and oxygen atoms in total. The molecule has 104 valence electrons. The van der Waals surface area contributed by atoms with Crippen molar-refractivity contribution < 1.29 is 14.3 Å². The van der Waals surface area contributed by atoms with Crippen LogP contribution in [0.4, 0.5) is 11.4 Å². The first kappa shape index (κ1) is 13.7. The van der Waals surface area contributed by atoms with Crippen LogP contribution in [0.2, 0.25) is 0 Å². The van der Waals surface area contributed by atoms with Crippen molar-refractivity contribution in [2.24, 2.45) is 0 Å². The van der Waals surface area contributed by atoms with E-state index in [0.717, 1.165) is 25.1 Å². The maximum Gasteiger partial charge on any atom is 0.337 e. The lowest BCUT2D eigenvalue weighted by Gasteiger charge is -2.23. The summed E-state index contributed by atoms with van der Waals surface area (Å²) < 4.78 is 10.3. The molecule has 1 aliphatic heterocycles. The summed E-state index contributed by atoms with van der Waals surface area (Å²) in [6, 6.07) is 5.07. The lowest BCUT2D eigenvalue weighted by Crippen LogP contribution is -2.27. The number of anilines is 2. The van der Waals surface area contributed by atoms with Crippen molar-refractivity contribution in [2.75, 3.05) is 31.3 Å². The summed E-state index contributed by atoms with van der Waals surface area (Å²) in [5.41, 5.74) is 7.74. The minimum atomic E-state index is -0.364. The topological polar surface area (TPSA) is 73.6 Å². The van der Waals surface area contributed by atoms with Gasteiger partial charge in [-0.05, 0) is 37.5 Å². The zero-order valence-electron chi connectivity index (χ0n) is 11.1. The number of nitrogen functional groups attached to an aromatic ring is 1. The number of nitrogens with two attached hydrogens (primary N) is 1. The van der Waals surface area contributed by atoms with E-state index < -0.39 is 0 Å². The number of ether oxygens (including phenoxy) is 2. The van der Waals surface area contributed by atoms with E-state index in [4.69, 9.17) is 15.2 Å². The number of nitrogens with one attached hydrogen (secondary N) is 1. The van der Waals surface area contributed by atoms with Crippen LogP contribution in [-0.2, 0) is 9.47 Å². The highest BCUT2D eigenvalue weighted by atomic mass is 16.5. The molecular formula is C14H20N2O3. The number of rotatable bonds is 4. The van der Waals surface area contributed by atoms with Gasteiger partial charge in [0, 0.05) is 13.2 Å². The third kappa shape index (κ3) is 3.61. The Morgan fingerprint density at radius 3 is 3.05 bits per heavy atom. The molecule has 1 aromatic rings. The average molecular weight is 264 g/mol. The molecule has 1 unspecified atom stereocenters. The fraction of sp³-hybridized carbons (Fsp3) is 0.500. The summed E-state index contributed by atoms with van der Waals surface area (Å²) in [6.07, 6.45) is 3.61. The Bertz CT molecular complexity index is 442. The maximum atomic E-state index is 11.5. The highest BCUT2D eigenvalue weighted by Gasteiger charge is 2.14. The van der Waals surface area contributed by atoms with E-state index in [0.29, 0.717) is 17.8 Å². The number of hydrogen-bond acceptors (Lipinski definition) is 5. The smallest absolute Gasteiger partial charge is 0.337 e. The molecule has 1 heterocycles. The van der Waals surface area contributed by atoms with Crippen LogP contribution in [0, 0.1) is 0 Å². The fourth-order valence-corrected chi connectivity index (χ4v) is 2.15. The Balaban J connectivity index is 2.00. The predicted molar refractivity (Wildman–Crippen MR) is 74.3 cm³/mol. The fourth-order valence-electron chi connectivity index (χ4n) is 2.15. The second kappa shape index (κ2) is 6.43. The van der Waals surface area contributed by atoms with Crippen LogP contribution >= 0.6 is 0 Å². The Labute approximate surface area is 113 Å². The van der Waals surface area contributed by atoms with Gasteiger partial charge >= 0.3 is 5.97 Å². The van der Waals surface area contributed by atoms with Crippen LogP contribution in [0.1, 0.15) is 29.6 Å². The van der Waals surface area contributed by atoms with Gasteiger partial charge in [-0.3, -0.25) is 0 Å². The van der Waals surface area contributed by atoms with Crippen LogP contribution in [0.15, 0.2) is 18.2 Å². The number of esters is 1. The van der Waals surface area contributed by atoms with Crippen LogP contribution < -0.4 is 11.1 Å². The zero-order chi connectivity index (χ0) is 13.7. The third-order valence-electron chi connectivity index (χ3n) is 3.27. The molecule has 0 bridgehead atoms. The molecule has 1 atom stereocenters. The van der Waals surface area contributed by atoms with Crippen molar-refractivity contribution in [3.8, 4) is 0 Å². The van der Waals surface area contributed by atoms with Crippen LogP contribution in [0.5, 0.6) is 0 Å². The van der Waals surface area contributed by atoms with E-state index in [9.17, 15) is 4.79 Å². The maximum absolute atomic E-state index is 11.5. The van der Waals surface area contributed by atoms with Crippen molar-refractivity contribution in [3.63, 3.8) is 0 Å². The van der Waals surface area contributed by atoms with Crippen LogP contribution in [0.25, 0.3) is 0 Å². The van der Waals surface area contributed by atoms with Gasteiger partial charge in [-0.1, -0.05) is 0 Å². The van der Waals surface area contributed by atoms with E-state index in [-0.39, 0.29) is 12.1 Å². The lowest BCUT2D eigenvalue weighted by molar-refractivity contribution is 0.0248. The number of carbonyl (C=O) groups is 1. The first-order valence-corrected chi connectivity index (χ1v) is 6.54. The summed E-state index contributed by atoms with van der Waals surface area (Å²) in [7, 11) is 1.36. The molecule has 2 rings (SSSR count). The number of methoxy groups -OCH3 is 1. The summed E-state index contributed by atoms with van der Waals surface area (Å²) in [5.74, 6) is -0.364. The number of hydrogen-bond donors (Lipinski definition) is 2. The number of benzene rings is 1. The van der Waals surface area contributed by atoms with E-state index >= 15 is 0 Å². The van der Waals surface area contributed by atoms with Gasteiger partial charge in [0.15, 0.2) is 0 Å². The van der Waals surface area contributed by atoms with Gasteiger partial charge in [-0.2, -0.15) is 0 Å². The molecule has 5 heteroatoms. The monoisotopic (exact) mass is 264 g/mol. The molecular weight excluding hydrogens is 244 g/mol. The molecule has 0 saturated carbocycles. The Kier molecular flexibility index (Phi) is 4.63.